The van der Waals surface area contributed by atoms with E-state index in [2.05, 4.69) is 25.5 Å². The lowest BCUT2D eigenvalue weighted by molar-refractivity contribution is 0.0947. The number of para-hydroxylation sites is 1. The number of aromatic amines is 1. The Morgan fingerprint density at radius 2 is 1.93 bits per heavy atom. The van der Waals surface area contributed by atoms with Gasteiger partial charge in [-0.2, -0.15) is 5.10 Å². The molecule has 8 heteroatoms. The first-order chi connectivity index (χ1) is 13.2. The highest BCUT2D eigenvalue weighted by Gasteiger charge is 2.11. The van der Waals surface area contributed by atoms with Gasteiger partial charge in [-0.3, -0.25) is 24.2 Å². The molecule has 3 heterocycles. The predicted molar refractivity (Wildman–Crippen MR) is 100 cm³/mol. The molecule has 0 aliphatic carbocycles. The number of benzene rings is 1. The number of carbonyl (C=O) groups is 1. The highest BCUT2D eigenvalue weighted by Crippen LogP contribution is 2.13. The van der Waals surface area contributed by atoms with Gasteiger partial charge in [0, 0.05) is 19.3 Å². The SMILES string of the molecule is O=C(NCCn1cnc2ccccc2c1=O)c1cc(-c2ccccn2)n[nH]1. The molecule has 27 heavy (non-hydrogen) atoms. The van der Waals surface area contributed by atoms with Crippen LogP contribution < -0.4 is 10.9 Å². The van der Waals surface area contributed by atoms with E-state index in [-0.39, 0.29) is 18.0 Å². The van der Waals surface area contributed by atoms with Gasteiger partial charge >= 0.3 is 0 Å². The Hall–Kier alpha value is -3.81. The summed E-state index contributed by atoms with van der Waals surface area (Å²) in [6.07, 6.45) is 3.16. The fourth-order valence-corrected chi connectivity index (χ4v) is 2.73. The van der Waals surface area contributed by atoms with E-state index in [0.29, 0.717) is 34.5 Å². The van der Waals surface area contributed by atoms with E-state index in [9.17, 15) is 9.59 Å². The lowest BCUT2D eigenvalue weighted by Gasteiger charge is -2.07. The summed E-state index contributed by atoms with van der Waals surface area (Å²) < 4.78 is 1.48. The number of pyridine rings is 1. The van der Waals surface area contributed by atoms with Gasteiger partial charge in [-0.05, 0) is 30.3 Å². The van der Waals surface area contributed by atoms with Crippen LogP contribution in [0.2, 0.25) is 0 Å². The van der Waals surface area contributed by atoms with Gasteiger partial charge in [0.2, 0.25) is 0 Å². The van der Waals surface area contributed by atoms with E-state index in [4.69, 9.17) is 0 Å². The fraction of sp³-hybridized carbons (Fsp3) is 0.105. The van der Waals surface area contributed by atoms with Gasteiger partial charge in [-0.25, -0.2) is 4.98 Å². The molecule has 0 aliphatic rings. The largest absolute Gasteiger partial charge is 0.349 e. The third kappa shape index (κ3) is 3.45. The number of carbonyl (C=O) groups excluding carboxylic acids is 1. The van der Waals surface area contributed by atoms with Gasteiger partial charge in [-0.15, -0.1) is 0 Å². The second-order valence-electron chi connectivity index (χ2n) is 5.90. The van der Waals surface area contributed by atoms with Crippen LogP contribution in [-0.2, 0) is 6.54 Å². The van der Waals surface area contributed by atoms with E-state index in [0.717, 1.165) is 0 Å². The molecule has 3 aromatic heterocycles. The number of hydrogen-bond acceptors (Lipinski definition) is 5. The summed E-state index contributed by atoms with van der Waals surface area (Å²) in [6.45, 7) is 0.611. The Labute approximate surface area is 153 Å². The van der Waals surface area contributed by atoms with Crippen molar-refractivity contribution in [2.45, 2.75) is 6.54 Å². The maximum atomic E-state index is 12.4. The molecule has 0 radical (unpaired) electrons. The summed E-state index contributed by atoms with van der Waals surface area (Å²) in [7, 11) is 0. The number of fused-ring (bicyclic) bond motifs is 1. The quantitative estimate of drug-likeness (QED) is 0.562. The number of H-pyrrole nitrogens is 1. The van der Waals surface area contributed by atoms with Gasteiger partial charge in [-0.1, -0.05) is 18.2 Å². The predicted octanol–water partition coefficient (Wildman–Crippen LogP) is 1.61. The van der Waals surface area contributed by atoms with Crippen molar-refractivity contribution < 1.29 is 4.79 Å². The van der Waals surface area contributed by atoms with Gasteiger partial charge in [0.25, 0.3) is 11.5 Å². The van der Waals surface area contributed by atoms with Crippen LogP contribution in [0.3, 0.4) is 0 Å². The number of rotatable bonds is 5. The number of hydrogen-bond donors (Lipinski definition) is 2. The number of nitrogens with zero attached hydrogens (tertiary/aromatic N) is 4. The van der Waals surface area contributed by atoms with E-state index in [1.54, 1.807) is 30.5 Å². The normalized spacial score (nSPS) is 10.8. The first kappa shape index (κ1) is 16.6. The Kier molecular flexibility index (Phi) is 4.44. The van der Waals surface area contributed by atoms with Crippen molar-refractivity contribution in [1.29, 1.82) is 0 Å². The average Bonchev–Trinajstić information content (AvgIpc) is 3.21. The summed E-state index contributed by atoms with van der Waals surface area (Å²) >= 11 is 0. The Balaban J connectivity index is 1.41. The number of aromatic nitrogens is 5. The molecule has 1 aromatic carbocycles. The number of amides is 1. The Morgan fingerprint density at radius 1 is 1.07 bits per heavy atom. The van der Waals surface area contributed by atoms with E-state index < -0.39 is 0 Å². The molecule has 4 rings (SSSR count). The van der Waals surface area contributed by atoms with Crippen LogP contribution in [0.5, 0.6) is 0 Å². The van der Waals surface area contributed by atoms with E-state index in [1.807, 2.05) is 24.3 Å². The molecular formula is C19H16N6O2. The molecule has 0 saturated carbocycles. The van der Waals surface area contributed by atoms with Gasteiger partial charge < -0.3 is 5.32 Å². The maximum Gasteiger partial charge on any atom is 0.269 e. The van der Waals surface area contributed by atoms with E-state index >= 15 is 0 Å². The van der Waals surface area contributed by atoms with Crippen LogP contribution >= 0.6 is 0 Å². The highest BCUT2D eigenvalue weighted by atomic mass is 16.2. The van der Waals surface area contributed by atoms with E-state index in [1.165, 1.54) is 10.9 Å². The Bertz CT molecular complexity index is 1150. The molecule has 0 saturated heterocycles. The van der Waals surface area contributed by atoms with Gasteiger partial charge in [0.15, 0.2) is 0 Å². The van der Waals surface area contributed by atoms with Crippen LogP contribution in [-0.4, -0.2) is 37.2 Å². The molecule has 0 spiro atoms. The van der Waals surface area contributed by atoms with Crippen molar-refractivity contribution in [3.05, 3.63) is 77.1 Å². The molecule has 1 amide bonds. The maximum absolute atomic E-state index is 12.4. The minimum absolute atomic E-state index is 0.131. The van der Waals surface area contributed by atoms with Crippen molar-refractivity contribution in [1.82, 2.24) is 30.0 Å². The summed E-state index contributed by atoms with van der Waals surface area (Å²) in [5.41, 5.74) is 2.13. The highest BCUT2D eigenvalue weighted by molar-refractivity contribution is 5.93. The first-order valence-corrected chi connectivity index (χ1v) is 8.41. The fourth-order valence-electron chi connectivity index (χ4n) is 2.73. The van der Waals surface area contributed by atoms with Crippen molar-refractivity contribution in [2.24, 2.45) is 0 Å². The lowest BCUT2D eigenvalue weighted by atomic mass is 10.2. The molecule has 0 atom stereocenters. The zero-order valence-corrected chi connectivity index (χ0v) is 14.3. The summed E-state index contributed by atoms with van der Waals surface area (Å²) in [5.74, 6) is -0.300. The molecule has 4 aromatic rings. The van der Waals surface area contributed by atoms with Gasteiger partial charge in [0.1, 0.15) is 11.4 Å². The van der Waals surface area contributed by atoms with Crippen LogP contribution in [0.25, 0.3) is 22.3 Å². The molecule has 134 valence electrons. The minimum atomic E-state index is -0.300. The van der Waals surface area contributed by atoms with Crippen LogP contribution in [0.1, 0.15) is 10.5 Å². The molecule has 2 N–H and O–H groups in total. The monoisotopic (exact) mass is 360 g/mol. The summed E-state index contributed by atoms with van der Waals surface area (Å²) in [5, 5.41) is 10.1. The summed E-state index contributed by atoms with van der Waals surface area (Å²) in [4.78, 5) is 33.2. The van der Waals surface area contributed by atoms with Crippen molar-refractivity contribution in [3.63, 3.8) is 0 Å². The van der Waals surface area contributed by atoms with Crippen LogP contribution in [0, 0.1) is 0 Å². The van der Waals surface area contributed by atoms with Gasteiger partial charge in [0.05, 0.1) is 22.9 Å². The number of nitrogens with one attached hydrogen (secondary N) is 2. The van der Waals surface area contributed by atoms with Crippen molar-refractivity contribution >= 4 is 16.8 Å². The van der Waals surface area contributed by atoms with Crippen LogP contribution in [0.15, 0.2) is 65.8 Å². The molecule has 8 nitrogen and oxygen atoms in total. The van der Waals surface area contributed by atoms with Crippen LogP contribution in [0.4, 0.5) is 0 Å². The van der Waals surface area contributed by atoms with Crippen molar-refractivity contribution in [2.75, 3.05) is 6.54 Å². The van der Waals surface area contributed by atoms with Crippen molar-refractivity contribution in [3.8, 4) is 11.4 Å². The zero-order valence-electron chi connectivity index (χ0n) is 14.3. The second kappa shape index (κ2) is 7.20. The summed E-state index contributed by atoms with van der Waals surface area (Å²) in [6, 6.07) is 14.3. The molecule has 0 fully saturated rings. The smallest absolute Gasteiger partial charge is 0.269 e. The topological polar surface area (TPSA) is 106 Å². The first-order valence-electron chi connectivity index (χ1n) is 8.41. The molecular weight excluding hydrogens is 344 g/mol. The third-order valence-corrected chi connectivity index (χ3v) is 4.12. The Morgan fingerprint density at radius 3 is 2.78 bits per heavy atom. The average molecular weight is 360 g/mol. The third-order valence-electron chi connectivity index (χ3n) is 4.12. The molecule has 0 unspecified atom stereocenters. The lowest BCUT2D eigenvalue weighted by Crippen LogP contribution is -2.31. The standard InChI is InChI=1S/C19H16N6O2/c26-18(17-11-16(23-24-17)15-7-3-4-8-20-15)21-9-10-25-12-22-14-6-2-1-5-13(14)19(25)27/h1-8,11-12H,9-10H2,(H,21,26)(H,23,24). The molecule has 0 bridgehead atoms. The second-order valence-corrected chi connectivity index (χ2v) is 5.90. The minimum Gasteiger partial charge on any atom is -0.349 e. The zero-order chi connectivity index (χ0) is 18.6. The molecule has 0 aliphatic heterocycles.